The third-order valence-corrected chi connectivity index (χ3v) is 4.65. The van der Waals surface area contributed by atoms with Gasteiger partial charge in [0.15, 0.2) is 0 Å². The first-order valence-corrected chi connectivity index (χ1v) is 8.08. The van der Waals surface area contributed by atoms with Crippen LogP contribution in [0.1, 0.15) is 47.6 Å². The van der Waals surface area contributed by atoms with E-state index >= 15 is 0 Å². The molecule has 106 valence electrons. The van der Waals surface area contributed by atoms with Gasteiger partial charge in [0.1, 0.15) is 12.4 Å². The summed E-state index contributed by atoms with van der Waals surface area (Å²) in [5, 5.41) is 3.29. The SMILES string of the molecule is CCCc1nc(COc2ccc3c(c2)CC[C@@H]3N)cs1. The molecule has 1 atom stereocenters. The standard InChI is InChI=1S/C16H20N2OS/c1-2-3-16-18-12(10-20-16)9-19-13-5-6-14-11(8-13)4-7-15(14)17/h5-6,8,10,15H,2-4,7,9,17H2,1H3/t15-/m0/s1. The third-order valence-electron chi connectivity index (χ3n) is 3.69. The first-order valence-electron chi connectivity index (χ1n) is 7.20. The number of nitrogens with two attached hydrogens (primary N) is 1. The molecule has 0 fully saturated rings. The minimum absolute atomic E-state index is 0.203. The van der Waals surface area contributed by atoms with Gasteiger partial charge in [-0.1, -0.05) is 13.0 Å². The molecule has 0 saturated heterocycles. The van der Waals surface area contributed by atoms with Gasteiger partial charge in [0, 0.05) is 11.4 Å². The van der Waals surface area contributed by atoms with Gasteiger partial charge in [-0.3, -0.25) is 0 Å². The molecule has 2 N–H and O–H groups in total. The highest BCUT2D eigenvalue weighted by Crippen LogP contribution is 2.32. The molecule has 1 aliphatic carbocycles. The average molecular weight is 288 g/mol. The first kappa shape index (κ1) is 13.6. The van der Waals surface area contributed by atoms with Crippen molar-refractivity contribution in [3.8, 4) is 5.75 Å². The Balaban J connectivity index is 1.63. The van der Waals surface area contributed by atoms with Crippen molar-refractivity contribution in [1.82, 2.24) is 4.98 Å². The van der Waals surface area contributed by atoms with Crippen LogP contribution in [0.5, 0.6) is 5.75 Å². The molecule has 0 spiro atoms. The van der Waals surface area contributed by atoms with Gasteiger partial charge in [0.25, 0.3) is 0 Å². The van der Waals surface area contributed by atoms with Crippen molar-refractivity contribution >= 4 is 11.3 Å². The smallest absolute Gasteiger partial charge is 0.131 e. The molecular formula is C16H20N2OS. The molecule has 1 aromatic heterocycles. The molecule has 2 aromatic rings. The Labute approximate surface area is 123 Å². The lowest BCUT2D eigenvalue weighted by Crippen LogP contribution is -2.05. The summed E-state index contributed by atoms with van der Waals surface area (Å²) in [5.41, 5.74) is 9.67. The second-order valence-electron chi connectivity index (χ2n) is 5.28. The highest BCUT2D eigenvalue weighted by atomic mass is 32.1. The maximum Gasteiger partial charge on any atom is 0.131 e. The number of nitrogens with zero attached hydrogens (tertiary/aromatic N) is 1. The molecule has 0 aliphatic heterocycles. The van der Waals surface area contributed by atoms with E-state index in [9.17, 15) is 0 Å². The second kappa shape index (κ2) is 5.94. The monoisotopic (exact) mass is 288 g/mol. The third kappa shape index (κ3) is 2.86. The normalized spacial score (nSPS) is 17.2. The summed E-state index contributed by atoms with van der Waals surface area (Å²) >= 11 is 1.72. The average Bonchev–Trinajstić information content (AvgIpc) is 3.04. The molecule has 1 aliphatic rings. The van der Waals surface area contributed by atoms with E-state index in [2.05, 4.69) is 29.4 Å². The van der Waals surface area contributed by atoms with Crippen LogP contribution >= 0.6 is 11.3 Å². The van der Waals surface area contributed by atoms with Gasteiger partial charge >= 0.3 is 0 Å². The van der Waals surface area contributed by atoms with Crippen LogP contribution in [0.15, 0.2) is 23.6 Å². The van der Waals surface area contributed by atoms with Gasteiger partial charge in [-0.2, -0.15) is 0 Å². The summed E-state index contributed by atoms with van der Waals surface area (Å²) < 4.78 is 5.85. The van der Waals surface area contributed by atoms with E-state index in [1.807, 2.05) is 6.07 Å². The molecule has 0 amide bonds. The number of hydrogen-bond donors (Lipinski definition) is 1. The lowest BCUT2D eigenvalue weighted by molar-refractivity contribution is 0.301. The summed E-state index contributed by atoms with van der Waals surface area (Å²) in [7, 11) is 0. The number of hydrogen-bond acceptors (Lipinski definition) is 4. The van der Waals surface area contributed by atoms with Crippen molar-refractivity contribution in [2.45, 2.75) is 45.3 Å². The van der Waals surface area contributed by atoms with Crippen LogP contribution in [0.2, 0.25) is 0 Å². The lowest BCUT2D eigenvalue weighted by atomic mass is 10.1. The Hall–Kier alpha value is -1.39. The Morgan fingerprint density at radius 1 is 1.45 bits per heavy atom. The lowest BCUT2D eigenvalue weighted by Gasteiger charge is -2.08. The molecule has 0 radical (unpaired) electrons. The molecule has 3 rings (SSSR count). The fraction of sp³-hybridized carbons (Fsp3) is 0.438. The van der Waals surface area contributed by atoms with E-state index in [0.717, 1.165) is 37.1 Å². The van der Waals surface area contributed by atoms with Crippen LogP contribution in [-0.2, 0) is 19.4 Å². The highest BCUT2D eigenvalue weighted by molar-refractivity contribution is 7.09. The number of aryl methyl sites for hydroxylation is 2. The number of rotatable bonds is 5. The van der Waals surface area contributed by atoms with Crippen LogP contribution in [0.4, 0.5) is 0 Å². The van der Waals surface area contributed by atoms with Gasteiger partial charge in [-0.15, -0.1) is 11.3 Å². The summed E-state index contributed by atoms with van der Waals surface area (Å²) in [6.45, 7) is 2.72. The van der Waals surface area contributed by atoms with Gasteiger partial charge in [-0.25, -0.2) is 4.98 Å². The maximum absolute atomic E-state index is 6.04. The van der Waals surface area contributed by atoms with Gasteiger partial charge in [0.05, 0.1) is 10.7 Å². The van der Waals surface area contributed by atoms with E-state index in [1.165, 1.54) is 16.1 Å². The molecule has 20 heavy (non-hydrogen) atoms. The van der Waals surface area contributed by atoms with Crippen molar-refractivity contribution in [1.29, 1.82) is 0 Å². The zero-order valence-electron chi connectivity index (χ0n) is 11.8. The van der Waals surface area contributed by atoms with Gasteiger partial charge < -0.3 is 10.5 Å². The fourth-order valence-corrected chi connectivity index (χ4v) is 3.50. The van der Waals surface area contributed by atoms with Crippen molar-refractivity contribution in [2.75, 3.05) is 0 Å². The van der Waals surface area contributed by atoms with E-state index in [1.54, 1.807) is 11.3 Å². The van der Waals surface area contributed by atoms with E-state index in [4.69, 9.17) is 10.5 Å². The van der Waals surface area contributed by atoms with Crippen LogP contribution in [0, 0.1) is 0 Å². The van der Waals surface area contributed by atoms with Crippen LogP contribution in [0.25, 0.3) is 0 Å². The molecular weight excluding hydrogens is 268 g/mol. The number of fused-ring (bicyclic) bond motifs is 1. The maximum atomic E-state index is 6.04. The fourth-order valence-electron chi connectivity index (χ4n) is 2.62. The Morgan fingerprint density at radius 2 is 2.35 bits per heavy atom. The van der Waals surface area contributed by atoms with E-state index in [-0.39, 0.29) is 6.04 Å². The largest absolute Gasteiger partial charge is 0.487 e. The molecule has 3 nitrogen and oxygen atoms in total. The predicted octanol–water partition coefficient (Wildman–Crippen LogP) is 3.62. The van der Waals surface area contributed by atoms with E-state index in [0.29, 0.717) is 6.61 Å². The quantitative estimate of drug-likeness (QED) is 0.914. The summed E-state index contributed by atoms with van der Waals surface area (Å²) in [5.74, 6) is 0.919. The first-order chi connectivity index (χ1) is 9.76. The Kier molecular flexibility index (Phi) is 4.03. The Morgan fingerprint density at radius 3 is 3.20 bits per heavy atom. The zero-order chi connectivity index (χ0) is 13.9. The number of thiazole rings is 1. The van der Waals surface area contributed by atoms with Crippen LogP contribution < -0.4 is 10.5 Å². The second-order valence-corrected chi connectivity index (χ2v) is 6.22. The van der Waals surface area contributed by atoms with Crippen molar-refractivity contribution < 1.29 is 4.74 Å². The zero-order valence-corrected chi connectivity index (χ0v) is 12.6. The minimum atomic E-state index is 0.203. The summed E-state index contributed by atoms with van der Waals surface area (Å²) in [6, 6.07) is 6.45. The highest BCUT2D eigenvalue weighted by Gasteiger charge is 2.19. The summed E-state index contributed by atoms with van der Waals surface area (Å²) in [6.07, 6.45) is 4.30. The Bertz CT molecular complexity index is 594. The molecule has 0 unspecified atom stereocenters. The van der Waals surface area contributed by atoms with Crippen molar-refractivity contribution in [2.24, 2.45) is 5.73 Å². The minimum Gasteiger partial charge on any atom is -0.487 e. The topological polar surface area (TPSA) is 48.1 Å². The number of aromatic nitrogens is 1. The van der Waals surface area contributed by atoms with E-state index < -0.39 is 0 Å². The van der Waals surface area contributed by atoms with Crippen molar-refractivity contribution in [3.63, 3.8) is 0 Å². The predicted molar refractivity (Wildman–Crippen MR) is 82.1 cm³/mol. The summed E-state index contributed by atoms with van der Waals surface area (Å²) in [4.78, 5) is 4.57. The number of ether oxygens (including phenoxy) is 1. The molecule has 4 heteroatoms. The molecule has 0 bridgehead atoms. The van der Waals surface area contributed by atoms with Crippen molar-refractivity contribution in [3.05, 3.63) is 45.4 Å². The van der Waals surface area contributed by atoms with Gasteiger partial charge in [-0.05, 0) is 48.9 Å². The molecule has 0 saturated carbocycles. The van der Waals surface area contributed by atoms with Crippen LogP contribution in [0.3, 0.4) is 0 Å². The molecule has 1 heterocycles. The van der Waals surface area contributed by atoms with Crippen LogP contribution in [-0.4, -0.2) is 4.98 Å². The molecule has 1 aromatic carbocycles. The number of benzene rings is 1. The van der Waals surface area contributed by atoms with Gasteiger partial charge in [0.2, 0.25) is 0 Å².